The monoisotopic (exact) mass is 958 g/mol. The van der Waals surface area contributed by atoms with Crippen molar-refractivity contribution < 1.29 is 47.4 Å². The molecular formula is C47H50ClF3N10O7. The van der Waals surface area contributed by atoms with E-state index in [1.54, 1.807) is 18.2 Å². The Kier molecular flexibility index (Phi) is 14.7. The second kappa shape index (κ2) is 21.0. The summed E-state index contributed by atoms with van der Waals surface area (Å²) in [4.78, 5) is 75.8. The van der Waals surface area contributed by atoms with Crippen LogP contribution in [0, 0.1) is 29.3 Å². The molecule has 0 atom stereocenters. The Balaban J connectivity index is 0.00000203. The number of carbonyl (C=O) groups is 5. The highest BCUT2D eigenvalue weighted by molar-refractivity contribution is 6.34. The zero-order valence-electron chi connectivity index (χ0n) is 36.9. The number of aromatic hydroxyl groups is 1. The lowest BCUT2D eigenvalue weighted by Gasteiger charge is -2.39. The Bertz CT molecular complexity index is 2690. The third-order valence-corrected chi connectivity index (χ3v) is 13.5. The van der Waals surface area contributed by atoms with E-state index in [4.69, 9.17) is 36.6 Å². The van der Waals surface area contributed by atoms with E-state index in [1.165, 1.54) is 4.90 Å². The Morgan fingerprint density at radius 1 is 0.853 bits per heavy atom. The number of aromatic nitrogens is 4. The minimum atomic E-state index is -1.79. The Hall–Kier alpha value is -6.80. The lowest BCUT2D eigenvalue weighted by Crippen LogP contribution is -2.50. The molecule has 0 spiro atoms. The first kappa shape index (κ1) is 47.7. The fraction of sp³-hybridized carbons (Fsp3) is 0.404. The van der Waals surface area contributed by atoms with Gasteiger partial charge in [0.05, 0.1) is 27.8 Å². The van der Waals surface area contributed by atoms with Crippen LogP contribution in [0.4, 0.5) is 29.6 Å². The number of amides is 5. The maximum absolute atomic E-state index is 14.2. The summed E-state index contributed by atoms with van der Waals surface area (Å²) < 4.78 is 43.6. The Labute approximate surface area is 393 Å². The number of anilines is 2. The van der Waals surface area contributed by atoms with Gasteiger partial charge in [0.2, 0.25) is 17.7 Å². The highest BCUT2D eigenvalue weighted by Crippen LogP contribution is 2.34. The van der Waals surface area contributed by atoms with Crippen molar-refractivity contribution in [1.82, 2.24) is 40.2 Å². The number of urea groups is 1. The zero-order valence-corrected chi connectivity index (χ0v) is 37.7. The number of halogens is 4. The van der Waals surface area contributed by atoms with E-state index in [0.717, 1.165) is 93.3 Å². The number of fused-ring (bicyclic) bond motifs is 1. The maximum Gasteiger partial charge on any atom is 0.328 e. The number of rotatable bonds is 10. The highest BCUT2D eigenvalue weighted by atomic mass is 35.5. The van der Waals surface area contributed by atoms with Gasteiger partial charge in [-0.15, -0.1) is 0 Å². The first-order chi connectivity index (χ1) is 32.8. The number of carboxylic acid groups (broad SMARTS) is 1. The molecule has 17 nitrogen and oxygen atoms in total. The van der Waals surface area contributed by atoms with Gasteiger partial charge in [-0.3, -0.25) is 39.0 Å². The van der Waals surface area contributed by atoms with Crippen molar-refractivity contribution >= 4 is 64.4 Å². The summed E-state index contributed by atoms with van der Waals surface area (Å²) in [5, 5.41) is 27.3. The minimum absolute atomic E-state index is 0.0990. The van der Waals surface area contributed by atoms with Gasteiger partial charge in [-0.1, -0.05) is 23.7 Å². The average molecular weight is 959 g/mol. The van der Waals surface area contributed by atoms with Crippen LogP contribution in [0.1, 0.15) is 71.7 Å². The molecule has 1 aliphatic carbocycles. The molecule has 21 heteroatoms. The molecule has 0 radical (unpaired) electrons. The van der Waals surface area contributed by atoms with Crippen LogP contribution < -0.4 is 20.4 Å². The topological polar surface area (TPSA) is 206 Å². The molecule has 0 bridgehead atoms. The molecule has 5 heterocycles. The Morgan fingerprint density at radius 2 is 1.56 bits per heavy atom. The Morgan fingerprint density at radius 3 is 2.25 bits per heavy atom. The number of phenolic OH excluding ortho intramolecular Hbond substituents is 1. The van der Waals surface area contributed by atoms with Crippen LogP contribution in [0.15, 0.2) is 61.1 Å². The second-order valence-electron chi connectivity index (χ2n) is 17.5. The maximum atomic E-state index is 14.2. The molecule has 5 amide bonds. The van der Waals surface area contributed by atoms with Gasteiger partial charge >= 0.3 is 6.03 Å². The van der Waals surface area contributed by atoms with E-state index < -0.39 is 40.7 Å². The van der Waals surface area contributed by atoms with Gasteiger partial charge in [0.25, 0.3) is 18.3 Å². The van der Waals surface area contributed by atoms with Crippen LogP contribution in [0.25, 0.3) is 22.0 Å². The van der Waals surface area contributed by atoms with Crippen molar-refractivity contribution in [2.45, 2.75) is 51.0 Å². The third-order valence-electron chi connectivity index (χ3n) is 13.2. The molecule has 4 N–H and O–H groups in total. The number of nitrogens with zero attached hydrogens (tertiary/aromatic N) is 8. The summed E-state index contributed by atoms with van der Waals surface area (Å²) in [7, 11) is 0. The molecular weight excluding hydrogens is 909 g/mol. The molecule has 68 heavy (non-hydrogen) atoms. The molecule has 4 fully saturated rings. The number of phenols is 1. The fourth-order valence-electron chi connectivity index (χ4n) is 9.38. The molecule has 2 aromatic heterocycles. The van der Waals surface area contributed by atoms with Crippen LogP contribution >= 0.6 is 11.6 Å². The van der Waals surface area contributed by atoms with Crippen molar-refractivity contribution in [3.05, 3.63) is 94.7 Å². The van der Waals surface area contributed by atoms with Crippen molar-refractivity contribution in [1.29, 1.82) is 0 Å². The average Bonchev–Trinajstić information content (AvgIpc) is 3.79. The third kappa shape index (κ3) is 10.7. The number of hydrogen-bond acceptors (Lipinski definition) is 11. The largest absolute Gasteiger partial charge is 0.503 e. The van der Waals surface area contributed by atoms with E-state index in [2.05, 4.69) is 20.4 Å². The van der Waals surface area contributed by atoms with Gasteiger partial charge in [-0.05, 0) is 86.3 Å². The fourth-order valence-corrected chi connectivity index (χ4v) is 9.59. The van der Waals surface area contributed by atoms with Gasteiger partial charge in [0, 0.05) is 100 Å². The lowest BCUT2D eigenvalue weighted by atomic mass is 9.86. The van der Waals surface area contributed by atoms with Crippen LogP contribution in [0.3, 0.4) is 0 Å². The molecule has 3 aromatic carbocycles. The predicted molar refractivity (Wildman–Crippen MR) is 245 cm³/mol. The van der Waals surface area contributed by atoms with Crippen LogP contribution in [0.5, 0.6) is 5.75 Å². The molecule has 9 rings (SSSR count). The molecule has 3 aliphatic heterocycles. The number of benzene rings is 3. The van der Waals surface area contributed by atoms with Crippen molar-refractivity contribution in [3.8, 4) is 16.9 Å². The number of piperazine rings is 1. The SMILES string of the molecule is O=C1CCN(c2cc(C(=O)N3CCC(CN4CCN(c5ncc(-c6ccc7cn(C8CCC(CNC(=O)c9cc(F)c(O)c(F)c9F)CC8)nc7c6)cn5)CC4)CC3)ccc2Cl)C(=O)N1.O=CO. The van der Waals surface area contributed by atoms with Crippen molar-refractivity contribution in [2.24, 2.45) is 11.8 Å². The van der Waals surface area contributed by atoms with Crippen molar-refractivity contribution in [2.75, 3.05) is 68.7 Å². The van der Waals surface area contributed by atoms with Gasteiger partial charge in [0.15, 0.2) is 17.4 Å². The molecule has 5 aromatic rings. The number of hydrogen-bond donors (Lipinski definition) is 4. The molecule has 4 aliphatic rings. The van der Waals surface area contributed by atoms with Crippen molar-refractivity contribution in [3.63, 3.8) is 0 Å². The van der Waals surface area contributed by atoms with Crippen LogP contribution in [-0.4, -0.2) is 129 Å². The summed E-state index contributed by atoms with van der Waals surface area (Å²) in [5.74, 6) is -6.33. The number of nitrogens with one attached hydrogen (secondary N) is 2. The van der Waals surface area contributed by atoms with E-state index in [9.17, 15) is 37.5 Å². The summed E-state index contributed by atoms with van der Waals surface area (Å²) in [6, 6.07) is 11.2. The van der Waals surface area contributed by atoms with Gasteiger partial charge in [-0.25, -0.2) is 23.5 Å². The predicted octanol–water partition coefficient (Wildman–Crippen LogP) is 6.25. The lowest BCUT2D eigenvalue weighted by molar-refractivity contribution is -0.123. The van der Waals surface area contributed by atoms with Crippen LogP contribution in [0.2, 0.25) is 5.02 Å². The summed E-state index contributed by atoms with van der Waals surface area (Å²) in [6.45, 7) is 5.82. The van der Waals surface area contributed by atoms with E-state index in [1.807, 2.05) is 46.4 Å². The smallest absolute Gasteiger partial charge is 0.328 e. The summed E-state index contributed by atoms with van der Waals surface area (Å²) in [5.41, 5.74) is 2.79. The second-order valence-corrected chi connectivity index (χ2v) is 17.9. The quantitative estimate of drug-likeness (QED) is 0.0906. The zero-order chi connectivity index (χ0) is 48.1. The first-order valence-corrected chi connectivity index (χ1v) is 22.9. The molecule has 358 valence electrons. The molecule has 3 saturated heterocycles. The van der Waals surface area contributed by atoms with Crippen LogP contribution in [-0.2, 0) is 9.59 Å². The van der Waals surface area contributed by atoms with E-state index in [0.29, 0.717) is 47.3 Å². The number of imide groups is 1. The first-order valence-electron chi connectivity index (χ1n) is 22.5. The normalized spacial score (nSPS) is 19.3. The van der Waals surface area contributed by atoms with Gasteiger partial charge < -0.3 is 25.3 Å². The number of carbonyl (C=O) groups excluding carboxylic acids is 4. The molecule has 0 unspecified atom stereocenters. The molecule has 1 saturated carbocycles. The highest BCUT2D eigenvalue weighted by Gasteiger charge is 2.31. The number of likely N-dealkylation sites (tertiary alicyclic amines) is 1. The van der Waals surface area contributed by atoms with E-state index in [-0.39, 0.29) is 49.8 Å². The minimum Gasteiger partial charge on any atom is -0.503 e. The van der Waals surface area contributed by atoms with Gasteiger partial charge in [-0.2, -0.15) is 9.49 Å². The standard InChI is InChI=1S/C46H48ClF3N10O5.CH2O2/c47-35-8-5-30(20-38(35)59-14-11-39(61)54-46(59)65)44(64)57-12-9-28(10-13-57)25-56-15-17-58(18-16-56)45-52-23-32(24-53-45)29-3-4-31-26-60(55-37(31)19-29)33-6-1-27(2-7-33)22-51-43(63)34-21-36(48)42(62)41(50)40(34)49;2-1-3/h3-5,8,19-21,23-24,26-28,33,62H,1-2,6-7,9-18,22,25H2,(H,51,63)(H,54,61,65);1H,(H,2,3). The summed E-state index contributed by atoms with van der Waals surface area (Å²) >= 11 is 6.40. The van der Waals surface area contributed by atoms with Gasteiger partial charge in [0.1, 0.15) is 0 Å². The van der Waals surface area contributed by atoms with E-state index >= 15 is 0 Å². The number of piperidine rings is 1. The summed E-state index contributed by atoms with van der Waals surface area (Å²) in [6.07, 6.45) is 10.9.